The molecule has 5 heteroatoms. The van der Waals surface area contributed by atoms with E-state index in [4.69, 9.17) is 4.74 Å². The van der Waals surface area contributed by atoms with E-state index in [1.807, 2.05) is 49.4 Å². The summed E-state index contributed by atoms with van der Waals surface area (Å²) in [6.45, 7) is 8.41. The van der Waals surface area contributed by atoms with Crippen molar-refractivity contribution in [1.29, 1.82) is 0 Å². The highest BCUT2D eigenvalue weighted by Gasteiger charge is 2.20. The van der Waals surface area contributed by atoms with E-state index in [0.717, 1.165) is 27.5 Å². The molecule has 0 bridgehead atoms. The van der Waals surface area contributed by atoms with Crippen LogP contribution in [0.3, 0.4) is 0 Å². The number of methoxy groups -OCH3 is 1. The number of rotatable bonds is 5. The number of Topliss-reactive ketones (excluding diaryl/α,β-unsaturated/α-hetero) is 1. The first-order valence-corrected chi connectivity index (χ1v) is 9.51. The van der Waals surface area contributed by atoms with Crippen molar-refractivity contribution < 1.29 is 9.53 Å². The van der Waals surface area contributed by atoms with Crippen molar-refractivity contribution in [2.45, 2.75) is 43.5 Å². The second-order valence-electron chi connectivity index (χ2n) is 7.38. The first kappa shape index (κ1) is 18.5. The predicted molar refractivity (Wildman–Crippen MR) is 107 cm³/mol. The molecule has 136 valence electrons. The number of nitrogens with one attached hydrogen (secondary N) is 1. The zero-order valence-electron chi connectivity index (χ0n) is 15.8. The number of hydrogen-bond donors (Lipinski definition) is 1. The number of imidazole rings is 1. The molecule has 0 fully saturated rings. The molecule has 0 saturated heterocycles. The molecule has 0 aliphatic carbocycles. The third-order valence-corrected chi connectivity index (χ3v) is 5.34. The monoisotopic (exact) mass is 368 g/mol. The van der Waals surface area contributed by atoms with Gasteiger partial charge in [-0.05, 0) is 30.0 Å². The number of aromatic amines is 1. The summed E-state index contributed by atoms with van der Waals surface area (Å²) in [5.41, 5.74) is 3.80. The quantitative estimate of drug-likeness (QED) is 0.495. The first-order chi connectivity index (χ1) is 12.3. The lowest BCUT2D eigenvalue weighted by Crippen LogP contribution is -2.15. The molecule has 0 radical (unpaired) electrons. The van der Waals surface area contributed by atoms with Crippen molar-refractivity contribution in [2.75, 3.05) is 7.11 Å². The van der Waals surface area contributed by atoms with Crippen LogP contribution in [-0.4, -0.2) is 28.1 Å². The Bertz CT molecular complexity index is 923. The normalized spacial score (nSPS) is 13.0. The number of aromatic nitrogens is 2. The van der Waals surface area contributed by atoms with Gasteiger partial charge >= 0.3 is 0 Å². The molecule has 3 rings (SSSR count). The maximum absolute atomic E-state index is 12.7. The largest absolute Gasteiger partial charge is 0.497 e. The maximum Gasteiger partial charge on any atom is 0.175 e. The Morgan fingerprint density at radius 2 is 1.85 bits per heavy atom. The smallest absolute Gasteiger partial charge is 0.175 e. The molecule has 4 nitrogen and oxygen atoms in total. The van der Waals surface area contributed by atoms with Gasteiger partial charge in [-0.3, -0.25) is 4.79 Å². The van der Waals surface area contributed by atoms with Crippen LogP contribution in [0.25, 0.3) is 11.0 Å². The van der Waals surface area contributed by atoms with Crippen LogP contribution in [0.4, 0.5) is 0 Å². The van der Waals surface area contributed by atoms with Gasteiger partial charge in [0.05, 0.1) is 23.4 Å². The van der Waals surface area contributed by atoms with E-state index in [1.165, 1.54) is 17.3 Å². The van der Waals surface area contributed by atoms with E-state index in [2.05, 4.69) is 30.7 Å². The van der Waals surface area contributed by atoms with Crippen molar-refractivity contribution in [2.24, 2.45) is 0 Å². The number of ether oxygens (including phenoxy) is 1. The third kappa shape index (κ3) is 3.93. The van der Waals surface area contributed by atoms with E-state index >= 15 is 0 Å². The van der Waals surface area contributed by atoms with Crippen LogP contribution in [-0.2, 0) is 5.41 Å². The van der Waals surface area contributed by atoms with Gasteiger partial charge < -0.3 is 9.72 Å². The maximum atomic E-state index is 12.7. The van der Waals surface area contributed by atoms with Gasteiger partial charge in [0.1, 0.15) is 5.75 Å². The van der Waals surface area contributed by atoms with Crippen LogP contribution < -0.4 is 4.74 Å². The minimum Gasteiger partial charge on any atom is -0.497 e. The standard InChI is InChI=1S/C21H24N2O2S/c1-13(19(24)14-6-8-15(9-7-14)21(2,3)4)26-20-22-17-11-10-16(25-5)12-18(17)23-20/h6-13H,1-5H3,(H,22,23)/t13-/m1/s1. The van der Waals surface area contributed by atoms with E-state index < -0.39 is 0 Å². The van der Waals surface area contributed by atoms with Gasteiger partial charge in [0.2, 0.25) is 0 Å². The first-order valence-electron chi connectivity index (χ1n) is 8.63. The fourth-order valence-corrected chi connectivity index (χ4v) is 3.64. The summed E-state index contributed by atoms with van der Waals surface area (Å²) in [4.78, 5) is 20.5. The summed E-state index contributed by atoms with van der Waals surface area (Å²) in [7, 11) is 1.64. The molecule has 1 aromatic heterocycles. The third-order valence-electron chi connectivity index (χ3n) is 4.36. The number of ketones is 1. The van der Waals surface area contributed by atoms with Crippen LogP contribution in [0.5, 0.6) is 5.75 Å². The fraction of sp³-hybridized carbons (Fsp3) is 0.333. The molecule has 0 amide bonds. The fourth-order valence-electron chi connectivity index (χ4n) is 2.74. The van der Waals surface area contributed by atoms with Crippen LogP contribution in [0.2, 0.25) is 0 Å². The Morgan fingerprint density at radius 1 is 1.15 bits per heavy atom. The Kier molecular flexibility index (Phi) is 5.10. The lowest BCUT2D eigenvalue weighted by molar-refractivity contribution is 0.0994. The average molecular weight is 369 g/mol. The highest BCUT2D eigenvalue weighted by molar-refractivity contribution is 8.00. The second-order valence-corrected chi connectivity index (χ2v) is 8.71. The van der Waals surface area contributed by atoms with E-state index in [0.29, 0.717) is 0 Å². The summed E-state index contributed by atoms with van der Waals surface area (Å²) in [6, 6.07) is 13.6. The predicted octanol–water partition coefficient (Wildman–Crippen LogP) is 5.23. The molecule has 1 N–H and O–H groups in total. The summed E-state index contributed by atoms with van der Waals surface area (Å²) in [5, 5.41) is 0.512. The lowest BCUT2D eigenvalue weighted by Gasteiger charge is -2.19. The minimum absolute atomic E-state index is 0.0806. The molecule has 2 aromatic carbocycles. The van der Waals surface area contributed by atoms with Crippen molar-refractivity contribution in [3.05, 3.63) is 53.6 Å². The number of fused-ring (bicyclic) bond motifs is 1. The zero-order chi connectivity index (χ0) is 18.9. The summed E-state index contributed by atoms with van der Waals surface area (Å²) >= 11 is 1.44. The van der Waals surface area contributed by atoms with Crippen LogP contribution in [0.15, 0.2) is 47.6 Å². The van der Waals surface area contributed by atoms with Gasteiger partial charge in [-0.15, -0.1) is 0 Å². The number of carbonyl (C=O) groups is 1. The van der Waals surface area contributed by atoms with E-state index in [9.17, 15) is 4.79 Å². The van der Waals surface area contributed by atoms with Gasteiger partial charge in [0.25, 0.3) is 0 Å². The Hall–Kier alpha value is -2.27. The molecule has 1 atom stereocenters. The highest BCUT2D eigenvalue weighted by Crippen LogP contribution is 2.28. The molecule has 26 heavy (non-hydrogen) atoms. The van der Waals surface area contributed by atoms with Gasteiger partial charge in [-0.25, -0.2) is 4.98 Å². The van der Waals surface area contributed by atoms with Gasteiger partial charge in [0, 0.05) is 11.6 Å². The summed E-state index contributed by atoms with van der Waals surface area (Å²) < 4.78 is 5.23. The minimum atomic E-state index is -0.224. The van der Waals surface area contributed by atoms with Crippen LogP contribution in [0, 0.1) is 0 Å². The van der Waals surface area contributed by atoms with Crippen molar-refractivity contribution in [3.8, 4) is 5.75 Å². The van der Waals surface area contributed by atoms with Crippen LogP contribution in [0.1, 0.15) is 43.6 Å². The van der Waals surface area contributed by atoms with Gasteiger partial charge in [-0.1, -0.05) is 56.8 Å². The average Bonchev–Trinajstić information content (AvgIpc) is 3.01. The number of carbonyl (C=O) groups excluding carboxylic acids is 1. The topological polar surface area (TPSA) is 55.0 Å². The molecule has 0 unspecified atom stereocenters. The Labute approximate surface area is 158 Å². The van der Waals surface area contributed by atoms with Crippen molar-refractivity contribution in [3.63, 3.8) is 0 Å². The molecular formula is C21H24N2O2S. The molecular weight excluding hydrogens is 344 g/mol. The van der Waals surface area contributed by atoms with Gasteiger partial charge in [-0.2, -0.15) is 0 Å². The van der Waals surface area contributed by atoms with E-state index in [1.54, 1.807) is 7.11 Å². The van der Waals surface area contributed by atoms with Crippen LogP contribution >= 0.6 is 11.8 Å². The lowest BCUT2D eigenvalue weighted by atomic mass is 9.86. The molecule has 0 aliphatic rings. The molecule has 0 saturated carbocycles. The number of nitrogens with zero attached hydrogens (tertiary/aromatic N) is 1. The SMILES string of the molecule is COc1ccc2nc(S[C@H](C)C(=O)c3ccc(C(C)(C)C)cc3)[nH]c2c1. The van der Waals surface area contributed by atoms with Gasteiger partial charge in [0.15, 0.2) is 10.9 Å². The summed E-state index contributed by atoms with van der Waals surface area (Å²) in [6.07, 6.45) is 0. The summed E-state index contributed by atoms with van der Waals surface area (Å²) in [5.74, 6) is 0.884. The zero-order valence-corrected chi connectivity index (χ0v) is 16.6. The number of hydrogen-bond acceptors (Lipinski definition) is 4. The van der Waals surface area contributed by atoms with Crippen molar-refractivity contribution >= 4 is 28.6 Å². The molecule has 0 spiro atoms. The highest BCUT2D eigenvalue weighted by atomic mass is 32.2. The second kappa shape index (κ2) is 7.16. The Balaban J connectivity index is 1.74. The molecule has 0 aliphatic heterocycles. The molecule has 1 heterocycles. The van der Waals surface area contributed by atoms with E-state index in [-0.39, 0.29) is 16.4 Å². The number of benzene rings is 2. The molecule has 3 aromatic rings. The number of H-pyrrole nitrogens is 1. The van der Waals surface area contributed by atoms with Crippen molar-refractivity contribution in [1.82, 2.24) is 9.97 Å². The Morgan fingerprint density at radius 3 is 2.46 bits per heavy atom. The number of thioether (sulfide) groups is 1.